The van der Waals surface area contributed by atoms with Crippen molar-refractivity contribution in [1.29, 1.82) is 0 Å². The minimum Gasteiger partial charge on any atom is -0.294 e. The van der Waals surface area contributed by atoms with Crippen LogP contribution in [-0.4, -0.2) is 46.1 Å². The lowest BCUT2D eigenvalue weighted by Crippen LogP contribution is -2.52. The highest BCUT2D eigenvalue weighted by atomic mass is 15.2. The topological polar surface area (TPSA) is 6.48 Å². The van der Waals surface area contributed by atoms with Crippen molar-refractivity contribution in [3.05, 3.63) is 60.8 Å². The van der Waals surface area contributed by atoms with Crippen LogP contribution in [0, 0.1) is 59.2 Å². The van der Waals surface area contributed by atoms with E-state index in [0.717, 1.165) is 95.4 Å². The fourth-order valence-electron chi connectivity index (χ4n) is 18.2. The average molecular weight is 984 g/mol. The van der Waals surface area contributed by atoms with Crippen LogP contribution in [0.4, 0.5) is 0 Å². The van der Waals surface area contributed by atoms with Gasteiger partial charge in [0.15, 0.2) is 0 Å². The lowest BCUT2D eigenvalue weighted by Gasteiger charge is -2.49. The van der Waals surface area contributed by atoms with Crippen molar-refractivity contribution in [1.82, 2.24) is 9.80 Å². The predicted molar refractivity (Wildman–Crippen MR) is 310 cm³/mol. The van der Waals surface area contributed by atoms with Crippen LogP contribution in [0.15, 0.2) is 60.8 Å². The second kappa shape index (κ2) is 28.8. The molecule has 10 aliphatic rings. The van der Waals surface area contributed by atoms with Crippen LogP contribution in [0.3, 0.4) is 0 Å². The molecule has 0 radical (unpaired) electrons. The van der Waals surface area contributed by atoms with E-state index in [-0.39, 0.29) is 0 Å². The Morgan fingerprint density at radius 3 is 0.403 bits per heavy atom. The summed E-state index contributed by atoms with van der Waals surface area (Å²) in [6, 6.07) is 5.03. The summed E-state index contributed by atoms with van der Waals surface area (Å²) in [5.74, 6) is 8.58. The van der Waals surface area contributed by atoms with Crippen molar-refractivity contribution in [3.63, 3.8) is 0 Å². The fraction of sp³-hybridized carbons (Fsp3) is 0.857. The highest BCUT2D eigenvalue weighted by Gasteiger charge is 2.40. The molecule has 10 aliphatic carbocycles. The van der Waals surface area contributed by atoms with E-state index in [1.54, 1.807) is 0 Å². The summed E-state index contributed by atoms with van der Waals surface area (Å²) in [4.78, 5) is 6.52. The maximum atomic E-state index is 3.26. The lowest BCUT2D eigenvalue weighted by molar-refractivity contribution is 0.0101. The summed E-state index contributed by atoms with van der Waals surface area (Å²) < 4.78 is 0. The molecule has 10 fully saturated rings. The van der Waals surface area contributed by atoms with Gasteiger partial charge in [-0.2, -0.15) is 0 Å². The van der Waals surface area contributed by atoms with Gasteiger partial charge in [-0.15, -0.1) is 0 Å². The standard InChI is InChI=1S/C70H114N2/c1-5-13-55(14-6-1)21-25-59-31-43-65(44-32-59)71(66-45-33-60(34-46-66)26-22-56-15-7-2-8-16-56)69-51-39-63(40-52-69)29-30-64-41-53-70(54-42-64)72(67-47-35-61(36-48-67)27-23-57-17-9-3-10-18-57)68-49-37-62(38-50-68)28-24-58-19-11-4-12-20-58/h21-30,55-70H,1-20,31-54H2/b25-21+,26-22+,27-23+,28-24+,30-29+. The fourth-order valence-corrected chi connectivity index (χ4v) is 18.2. The van der Waals surface area contributed by atoms with Gasteiger partial charge >= 0.3 is 0 Å². The van der Waals surface area contributed by atoms with Gasteiger partial charge in [0.2, 0.25) is 0 Å². The zero-order valence-corrected chi connectivity index (χ0v) is 47.0. The highest BCUT2D eigenvalue weighted by molar-refractivity contribution is 5.05. The Morgan fingerprint density at radius 2 is 0.264 bits per heavy atom. The first-order chi connectivity index (χ1) is 35.6. The molecule has 0 atom stereocenters. The van der Waals surface area contributed by atoms with Crippen LogP contribution in [0.2, 0.25) is 0 Å². The van der Waals surface area contributed by atoms with Gasteiger partial charge in [0.25, 0.3) is 0 Å². The molecule has 0 unspecified atom stereocenters. The Balaban J connectivity index is 0.715. The third-order valence-corrected chi connectivity index (χ3v) is 22.9. The summed E-state index contributed by atoms with van der Waals surface area (Å²) in [7, 11) is 0. The first-order valence-electron chi connectivity index (χ1n) is 33.6. The molecular formula is C70H114N2. The van der Waals surface area contributed by atoms with E-state index in [1.807, 2.05) is 0 Å². The van der Waals surface area contributed by atoms with Crippen molar-refractivity contribution >= 4 is 0 Å². The Kier molecular flexibility index (Phi) is 21.6. The number of hydrogen-bond acceptors (Lipinski definition) is 2. The predicted octanol–water partition coefficient (Wildman–Crippen LogP) is 20.0. The number of nitrogens with zero attached hydrogens (tertiary/aromatic N) is 2. The summed E-state index contributed by atoms with van der Waals surface area (Å²) in [6.07, 6.45) is 91.2. The van der Waals surface area contributed by atoms with E-state index in [9.17, 15) is 0 Å². The Bertz CT molecular complexity index is 1410. The van der Waals surface area contributed by atoms with Crippen molar-refractivity contribution in [2.75, 3.05) is 0 Å². The molecule has 10 saturated carbocycles. The van der Waals surface area contributed by atoms with Gasteiger partial charge in [0.1, 0.15) is 0 Å². The quantitative estimate of drug-likeness (QED) is 0.142. The maximum Gasteiger partial charge on any atom is 0.0102 e. The summed E-state index contributed by atoms with van der Waals surface area (Å²) in [5, 5.41) is 0. The SMILES string of the molecule is C(=C\C1CCC(N(C2CCC(/C=C/C3CCCCC3)CC2)C2CCC(/C=C/C3CCC(N(C4CCC(/C=C/C5CCCCC5)CC4)C4CCC(/C=C/C5CCCCC5)CC4)CC3)CC2)CC1)/C1CCCCC1. The molecule has 0 N–H and O–H groups in total. The molecule has 2 nitrogen and oxygen atoms in total. The molecule has 0 saturated heterocycles. The highest BCUT2D eigenvalue weighted by Crippen LogP contribution is 2.44. The largest absolute Gasteiger partial charge is 0.294 e. The van der Waals surface area contributed by atoms with E-state index in [4.69, 9.17) is 0 Å². The number of rotatable bonds is 16. The minimum atomic E-state index is 0.823. The second-order valence-corrected chi connectivity index (χ2v) is 27.8. The Hall–Kier alpha value is -1.38. The normalized spacial score (nSPS) is 38.6. The smallest absolute Gasteiger partial charge is 0.0102 e. The van der Waals surface area contributed by atoms with Crippen molar-refractivity contribution in [2.24, 2.45) is 59.2 Å². The number of allylic oxidation sites excluding steroid dienone is 10. The van der Waals surface area contributed by atoms with Crippen LogP contribution in [0.25, 0.3) is 0 Å². The van der Waals surface area contributed by atoms with Gasteiger partial charge in [-0.25, -0.2) is 0 Å². The van der Waals surface area contributed by atoms with E-state index in [1.165, 1.54) is 283 Å². The molecule has 404 valence electrons. The van der Waals surface area contributed by atoms with E-state index in [2.05, 4.69) is 70.6 Å². The van der Waals surface area contributed by atoms with Crippen LogP contribution < -0.4 is 0 Å². The number of hydrogen-bond donors (Lipinski definition) is 0. The monoisotopic (exact) mass is 983 g/mol. The third-order valence-electron chi connectivity index (χ3n) is 22.9. The molecule has 10 rings (SSSR count). The average Bonchev–Trinajstić information content (AvgIpc) is 3.45. The molecule has 0 spiro atoms. The van der Waals surface area contributed by atoms with Crippen LogP contribution in [0.1, 0.15) is 283 Å². The first-order valence-corrected chi connectivity index (χ1v) is 33.6. The van der Waals surface area contributed by atoms with Gasteiger partial charge < -0.3 is 0 Å². The molecule has 0 aliphatic heterocycles. The van der Waals surface area contributed by atoms with Gasteiger partial charge in [0, 0.05) is 36.3 Å². The second-order valence-electron chi connectivity index (χ2n) is 27.8. The lowest BCUT2D eigenvalue weighted by atomic mass is 9.76. The van der Waals surface area contributed by atoms with Gasteiger partial charge in [-0.05, 0) is 265 Å². The molecule has 0 aromatic rings. The van der Waals surface area contributed by atoms with E-state index < -0.39 is 0 Å². The molecule has 0 aromatic heterocycles. The zero-order chi connectivity index (χ0) is 48.6. The molecule has 0 bridgehead atoms. The molecule has 0 heterocycles. The zero-order valence-electron chi connectivity index (χ0n) is 47.0. The molecule has 72 heavy (non-hydrogen) atoms. The van der Waals surface area contributed by atoms with Crippen molar-refractivity contribution in [3.8, 4) is 0 Å². The van der Waals surface area contributed by atoms with Crippen LogP contribution in [0.5, 0.6) is 0 Å². The minimum absolute atomic E-state index is 0.823. The van der Waals surface area contributed by atoms with E-state index in [0.29, 0.717) is 0 Å². The van der Waals surface area contributed by atoms with Crippen LogP contribution in [-0.2, 0) is 0 Å². The molecule has 2 heteroatoms. The van der Waals surface area contributed by atoms with Gasteiger partial charge in [-0.1, -0.05) is 138 Å². The molecular weight excluding hydrogens is 869 g/mol. The summed E-state index contributed by atoms with van der Waals surface area (Å²) in [6.45, 7) is 0. The Labute approximate surface area is 446 Å². The Morgan fingerprint density at radius 1 is 0.139 bits per heavy atom. The van der Waals surface area contributed by atoms with E-state index >= 15 is 0 Å². The van der Waals surface area contributed by atoms with Crippen molar-refractivity contribution in [2.45, 2.75) is 319 Å². The first kappa shape index (κ1) is 54.0. The molecule has 0 aromatic carbocycles. The third kappa shape index (κ3) is 16.1. The van der Waals surface area contributed by atoms with Crippen molar-refractivity contribution < 1.29 is 0 Å². The molecule has 0 amide bonds. The summed E-state index contributed by atoms with van der Waals surface area (Å²) in [5.41, 5.74) is 0. The van der Waals surface area contributed by atoms with Gasteiger partial charge in [-0.3, -0.25) is 9.80 Å². The summed E-state index contributed by atoms with van der Waals surface area (Å²) >= 11 is 0. The van der Waals surface area contributed by atoms with Crippen LogP contribution >= 0.6 is 0 Å². The van der Waals surface area contributed by atoms with Gasteiger partial charge in [0.05, 0.1) is 0 Å². The maximum absolute atomic E-state index is 3.26.